The Labute approximate surface area is 114 Å². The highest BCUT2D eigenvalue weighted by Gasteiger charge is 2.13. The van der Waals surface area contributed by atoms with Crippen LogP contribution in [0.15, 0.2) is 61.2 Å². The molecule has 0 aliphatic rings. The summed E-state index contributed by atoms with van der Waals surface area (Å²) in [5.41, 5.74) is 3.84. The number of carbonyl (C=O) groups is 1. The van der Waals surface area contributed by atoms with Crippen molar-refractivity contribution in [3.05, 3.63) is 66.7 Å². The third-order valence-corrected chi connectivity index (χ3v) is 2.95. The Morgan fingerprint density at radius 3 is 1.89 bits per heavy atom. The number of nitrogens with zero attached hydrogens (tertiary/aromatic N) is 1. The van der Waals surface area contributed by atoms with Crippen LogP contribution in [0, 0.1) is 0 Å². The number of hydrogen-bond acceptors (Lipinski definition) is 1. The minimum Gasteiger partial charge on any atom is -0.281 e. The van der Waals surface area contributed by atoms with Crippen LogP contribution in [-0.2, 0) is 4.79 Å². The van der Waals surface area contributed by atoms with Gasteiger partial charge in [-0.25, -0.2) is 0 Å². The van der Waals surface area contributed by atoms with Gasteiger partial charge in [-0.1, -0.05) is 42.5 Å². The molecule has 0 aromatic heterocycles. The summed E-state index contributed by atoms with van der Waals surface area (Å²) in [6.07, 6.45) is 0. The van der Waals surface area contributed by atoms with Crippen LogP contribution < -0.4 is 4.90 Å². The number of para-hydroxylation sites is 1. The quantitative estimate of drug-likeness (QED) is 0.791. The van der Waals surface area contributed by atoms with Crippen molar-refractivity contribution in [1.82, 2.24) is 0 Å². The number of anilines is 2. The van der Waals surface area contributed by atoms with Gasteiger partial charge in [-0.2, -0.15) is 0 Å². The molecule has 0 atom stereocenters. The molecule has 0 saturated heterocycles. The molecule has 0 radical (unpaired) electrons. The predicted octanol–water partition coefficient (Wildman–Crippen LogP) is 4.40. The molecule has 2 aromatic carbocycles. The molecule has 0 saturated carbocycles. The lowest BCUT2D eigenvalue weighted by molar-refractivity contribution is -0.115. The van der Waals surface area contributed by atoms with Crippen molar-refractivity contribution in [2.24, 2.45) is 0 Å². The molecule has 96 valence electrons. The number of allylic oxidation sites excluding steroid dienone is 1. The fourth-order valence-corrected chi connectivity index (χ4v) is 1.98. The minimum absolute atomic E-state index is 0.00530. The number of benzene rings is 2. The maximum Gasteiger partial charge on any atom is 0.228 e. The van der Waals surface area contributed by atoms with Crippen molar-refractivity contribution >= 4 is 22.9 Å². The van der Waals surface area contributed by atoms with Crippen molar-refractivity contribution < 1.29 is 4.79 Å². The van der Waals surface area contributed by atoms with Crippen molar-refractivity contribution in [2.75, 3.05) is 4.90 Å². The first-order valence-corrected chi connectivity index (χ1v) is 6.21. The first kappa shape index (κ1) is 13.1. The average Bonchev–Trinajstić information content (AvgIpc) is 2.40. The van der Waals surface area contributed by atoms with Crippen LogP contribution in [0.5, 0.6) is 0 Å². The monoisotopic (exact) mass is 251 g/mol. The van der Waals surface area contributed by atoms with E-state index >= 15 is 0 Å². The van der Waals surface area contributed by atoms with Gasteiger partial charge in [0.25, 0.3) is 0 Å². The highest BCUT2D eigenvalue weighted by molar-refractivity contribution is 5.99. The van der Waals surface area contributed by atoms with E-state index in [9.17, 15) is 4.79 Å². The molecule has 2 nitrogen and oxygen atoms in total. The van der Waals surface area contributed by atoms with Crippen LogP contribution in [-0.4, -0.2) is 5.91 Å². The van der Waals surface area contributed by atoms with Gasteiger partial charge >= 0.3 is 0 Å². The molecule has 0 aliphatic carbocycles. The largest absolute Gasteiger partial charge is 0.281 e. The van der Waals surface area contributed by atoms with E-state index in [4.69, 9.17) is 0 Å². The van der Waals surface area contributed by atoms with E-state index in [1.807, 2.05) is 61.5 Å². The lowest BCUT2D eigenvalue weighted by Crippen LogP contribution is -2.22. The summed E-state index contributed by atoms with van der Waals surface area (Å²) in [6, 6.07) is 17.5. The van der Waals surface area contributed by atoms with Crippen molar-refractivity contribution in [1.29, 1.82) is 0 Å². The molecule has 2 heteroatoms. The van der Waals surface area contributed by atoms with E-state index in [0.717, 1.165) is 22.5 Å². The summed E-state index contributed by atoms with van der Waals surface area (Å²) in [7, 11) is 0. The Morgan fingerprint density at radius 1 is 0.895 bits per heavy atom. The molecule has 0 unspecified atom stereocenters. The van der Waals surface area contributed by atoms with Gasteiger partial charge in [0.2, 0.25) is 5.91 Å². The smallest absolute Gasteiger partial charge is 0.228 e. The second-order valence-corrected chi connectivity index (χ2v) is 4.52. The van der Waals surface area contributed by atoms with Gasteiger partial charge in [0, 0.05) is 18.3 Å². The van der Waals surface area contributed by atoms with E-state index in [1.165, 1.54) is 0 Å². The molecule has 0 heterocycles. The van der Waals surface area contributed by atoms with E-state index in [0.29, 0.717) is 0 Å². The van der Waals surface area contributed by atoms with Gasteiger partial charge < -0.3 is 0 Å². The molecule has 2 rings (SSSR count). The zero-order valence-corrected chi connectivity index (χ0v) is 11.3. The Hall–Kier alpha value is -2.35. The summed E-state index contributed by atoms with van der Waals surface area (Å²) >= 11 is 0. The van der Waals surface area contributed by atoms with Crippen LogP contribution in [0.2, 0.25) is 0 Å². The lowest BCUT2D eigenvalue weighted by atomic mass is 10.1. The number of rotatable bonds is 3. The molecule has 2 aromatic rings. The predicted molar refractivity (Wildman–Crippen MR) is 80.4 cm³/mol. The number of amides is 1. The Kier molecular flexibility index (Phi) is 3.81. The Bertz CT molecular complexity index is 584. The van der Waals surface area contributed by atoms with E-state index < -0.39 is 0 Å². The molecule has 0 bridgehead atoms. The van der Waals surface area contributed by atoms with Crippen LogP contribution >= 0.6 is 0 Å². The second-order valence-electron chi connectivity index (χ2n) is 4.52. The number of carbonyl (C=O) groups excluding carboxylic acids is 1. The van der Waals surface area contributed by atoms with Gasteiger partial charge in [-0.15, -0.1) is 0 Å². The van der Waals surface area contributed by atoms with Gasteiger partial charge in [0.1, 0.15) is 0 Å². The van der Waals surface area contributed by atoms with Crippen molar-refractivity contribution in [3.8, 4) is 0 Å². The van der Waals surface area contributed by atoms with Crippen LogP contribution in [0.1, 0.15) is 19.4 Å². The number of hydrogen-bond donors (Lipinski definition) is 0. The van der Waals surface area contributed by atoms with Crippen LogP contribution in [0.3, 0.4) is 0 Å². The first-order valence-electron chi connectivity index (χ1n) is 6.21. The Morgan fingerprint density at radius 2 is 1.42 bits per heavy atom. The highest BCUT2D eigenvalue weighted by Crippen LogP contribution is 2.26. The van der Waals surface area contributed by atoms with Crippen LogP contribution in [0.4, 0.5) is 11.4 Å². The fourth-order valence-electron chi connectivity index (χ4n) is 1.98. The summed E-state index contributed by atoms with van der Waals surface area (Å²) in [6.45, 7) is 7.45. The summed E-state index contributed by atoms with van der Waals surface area (Å²) in [5, 5.41) is 0. The molecule has 0 aliphatic heterocycles. The molecule has 0 N–H and O–H groups in total. The van der Waals surface area contributed by atoms with E-state index in [1.54, 1.807) is 11.8 Å². The van der Waals surface area contributed by atoms with E-state index in [-0.39, 0.29) is 5.91 Å². The second kappa shape index (κ2) is 5.53. The maximum atomic E-state index is 11.9. The van der Waals surface area contributed by atoms with Crippen molar-refractivity contribution in [2.45, 2.75) is 13.8 Å². The maximum absolute atomic E-state index is 11.9. The SMILES string of the molecule is C=C(C)c1ccc(N(C(C)=O)c2ccccc2)cc1. The zero-order valence-electron chi connectivity index (χ0n) is 11.3. The summed E-state index contributed by atoms with van der Waals surface area (Å²) in [4.78, 5) is 13.6. The first-order chi connectivity index (χ1) is 9.09. The van der Waals surface area contributed by atoms with Crippen molar-refractivity contribution in [3.63, 3.8) is 0 Å². The zero-order chi connectivity index (χ0) is 13.8. The topological polar surface area (TPSA) is 20.3 Å². The molecular formula is C17H17NO. The van der Waals surface area contributed by atoms with Gasteiger partial charge in [0.15, 0.2) is 0 Å². The van der Waals surface area contributed by atoms with Gasteiger partial charge in [-0.05, 0) is 36.8 Å². The standard InChI is InChI=1S/C17H17NO/c1-13(2)15-9-11-17(12-10-15)18(14(3)19)16-7-5-4-6-8-16/h4-12H,1H2,2-3H3. The molecular weight excluding hydrogens is 234 g/mol. The third-order valence-electron chi connectivity index (χ3n) is 2.95. The van der Waals surface area contributed by atoms with E-state index in [2.05, 4.69) is 6.58 Å². The molecule has 19 heavy (non-hydrogen) atoms. The third kappa shape index (κ3) is 2.91. The normalized spacial score (nSPS) is 10.0. The fraction of sp³-hybridized carbons (Fsp3) is 0.118. The van der Waals surface area contributed by atoms with Crippen LogP contribution in [0.25, 0.3) is 5.57 Å². The van der Waals surface area contributed by atoms with Gasteiger partial charge in [-0.3, -0.25) is 9.69 Å². The minimum atomic E-state index is -0.00530. The highest BCUT2D eigenvalue weighted by atomic mass is 16.2. The molecule has 1 amide bonds. The summed E-state index contributed by atoms with van der Waals surface area (Å²) in [5.74, 6) is -0.00530. The van der Waals surface area contributed by atoms with Gasteiger partial charge in [0.05, 0.1) is 0 Å². The molecule has 0 fully saturated rings. The average molecular weight is 251 g/mol. The molecule has 0 spiro atoms. The lowest BCUT2D eigenvalue weighted by Gasteiger charge is -2.21. The Balaban J connectivity index is 2.40. The summed E-state index contributed by atoms with van der Waals surface area (Å²) < 4.78 is 0.